The van der Waals surface area contributed by atoms with Crippen LogP contribution in [0.15, 0.2) is 18.2 Å². The predicted octanol–water partition coefficient (Wildman–Crippen LogP) is 2.99. The molecule has 76 valence electrons. The Morgan fingerprint density at radius 2 is 2.29 bits per heavy atom. The molecule has 0 aliphatic heterocycles. The van der Waals surface area contributed by atoms with Crippen molar-refractivity contribution in [2.45, 2.75) is 13.3 Å². The molecule has 0 heterocycles. The van der Waals surface area contributed by atoms with Crippen molar-refractivity contribution in [3.8, 4) is 0 Å². The van der Waals surface area contributed by atoms with Gasteiger partial charge in [-0.15, -0.1) is 0 Å². The van der Waals surface area contributed by atoms with Gasteiger partial charge in [-0.25, -0.2) is 0 Å². The fraction of sp³-hybridized carbons (Fsp3) is 0.455. The molecule has 14 heavy (non-hydrogen) atoms. The molecule has 3 heteroatoms. The standard InChI is InChI=1S/C11H15ClN2/c1-7-4-8(7)6-14-11-3-2-9(13)5-10(11)12/h2-3,5,7-8,14H,4,6,13H2,1H3. The van der Waals surface area contributed by atoms with Gasteiger partial charge in [0.05, 0.1) is 10.7 Å². The number of hydrogen-bond donors (Lipinski definition) is 2. The highest BCUT2D eigenvalue weighted by molar-refractivity contribution is 6.33. The Morgan fingerprint density at radius 1 is 1.57 bits per heavy atom. The summed E-state index contributed by atoms with van der Waals surface area (Å²) in [5.74, 6) is 1.69. The van der Waals surface area contributed by atoms with Crippen LogP contribution in [0, 0.1) is 11.8 Å². The third-order valence-corrected chi connectivity index (χ3v) is 3.14. The average Bonchev–Trinajstić information content (AvgIpc) is 2.80. The molecule has 1 aliphatic carbocycles. The molecule has 0 aromatic heterocycles. The first kappa shape index (κ1) is 9.66. The SMILES string of the molecule is CC1CC1CNc1ccc(N)cc1Cl. The Labute approximate surface area is 89.4 Å². The second-order valence-electron chi connectivity index (χ2n) is 4.09. The number of hydrogen-bond acceptors (Lipinski definition) is 2. The van der Waals surface area contributed by atoms with E-state index in [2.05, 4.69) is 12.2 Å². The molecule has 0 bridgehead atoms. The highest BCUT2D eigenvalue weighted by atomic mass is 35.5. The quantitative estimate of drug-likeness (QED) is 0.753. The molecule has 1 saturated carbocycles. The number of halogens is 1. The summed E-state index contributed by atoms with van der Waals surface area (Å²) in [6.45, 7) is 3.29. The Morgan fingerprint density at radius 3 is 2.86 bits per heavy atom. The molecule has 0 radical (unpaired) electrons. The minimum Gasteiger partial charge on any atom is -0.399 e. The monoisotopic (exact) mass is 210 g/mol. The first-order chi connectivity index (χ1) is 6.66. The lowest BCUT2D eigenvalue weighted by Crippen LogP contribution is -2.04. The minimum atomic E-state index is 0.707. The van der Waals surface area contributed by atoms with E-state index >= 15 is 0 Å². The third kappa shape index (κ3) is 2.13. The maximum Gasteiger partial charge on any atom is 0.0657 e. The van der Waals surface area contributed by atoms with Crippen LogP contribution in [0.25, 0.3) is 0 Å². The zero-order valence-electron chi connectivity index (χ0n) is 8.26. The van der Waals surface area contributed by atoms with Crippen molar-refractivity contribution in [1.82, 2.24) is 0 Å². The van der Waals surface area contributed by atoms with Gasteiger partial charge in [-0.3, -0.25) is 0 Å². The number of rotatable bonds is 3. The number of anilines is 2. The van der Waals surface area contributed by atoms with Crippen molar-refractivity contribution in [2.75, 3.05) is 17.6 Å². The zero-order valence-corrected chi connectivity index (χ0v) is 9.01. The van der Waals surface area contributed by atoms with Crippen LogP contribution in [0.1, 0.15) is 13.3 Å². The fourth-order valence-corrected chi connectivity index (χ4v) is 1.86. The van der Waals surface area contributed by atoms with Crippen molar-refractivity contribution < 1.29 is 0 Å². The van der Waals surface area contributed by atoms with E-state index in [1.54, 1.807) is 6.07 Å². The van der Waals surface area contributed by atoms with Crippen LogP contribution in [-0.2, 0) is 0 Å². The van der Waals surface area contributed by atoms with Crippen molar-refractivity contribution in [3.05, 3.63) is 23.2 Å². The molecule has 3 N–H and O–H groups in total. The van der Waals surface area contributed by atoms with E-state index in [-0.39, 0.29) is 0 Å². The van der Waals surface area contributed by atoms with E-state index in [1.807, 2.05) is 12.1 Å². The smallest absolute Gasteiger partial charge is 0.0657 e. The first-order valence-electron chi connectivity index (χ1n) is 4.95. The summed E-state index contributed by atoms with van der Waals surface area (Å²) in [6, 6.07) is 5.58. The van der Waals surface area contributed by atoms with Gasteiger partial charge >= 0.3 is 0 Å². The predicted molar refractivity (Wildman–Crippen MR) is 61.6 cm³/mol. The third-order valence-electron chi connectivity index (χ3n) is 2.82. The normalized spacial score (nSPS) is 24.7. The molecule has 0 spiro atoms. The molecule has 1 aromatic carbocycles. The van der Waals surface area contributed by atoms with Gasteiger partial charge < -0.3 is 11.1 Å². The van der Waals surface area contributed by atoms with Gasteiger partial charge in [-0.05, 0) is 36.5 Å². The second kappa shape index (κ2) is 3.70. The van der Waals surface area contributed by atoms with Gasteiger partial charge in [-0.1, -0.05) is 18.5 Å². The van der Waals surface area contributed by atoms with Gasteiger partial charge in [0.2, 0.25) is 0 Å². The summed E-state index contributed by atoms with van der Waals surface area (Å²) in [5, 5.41) is 4.05. The number of benzene rings is 1. The summed E-state index contributed by atoms with van der Waals surface area (Å²) in [7, 11) is 0. The van der Waals surface area contributed by atoms with Crippen LogP contribution in [0.5, 0.6) is 0 Å². The molecular weight excluding hydrogens is 196 g/mol. The summed E-state index contributed by atoms with van der Waals surface area (Å²) in [4.78, 5) is 0. The Hall–Kier alpha value is -0.890. The number of nitrogens with one attached hydrogen (secondary N) is 1. The lowest BCUT2D eigenvalue weighted by Gasteiger charge is -2.08. The minimum absolute atomic E-state index is 0.707. The molecule has 2 rings (SSSR count). The molecule has 1 aromatic rings. The van der Waals surface area contributed by atoms with Crippen LogP contribution in [0.2, 0.25) is 5.02 Å². The molecule has 1 aliphatic rings. The van der Waals surface area contributed by atoms with Crippen LogP contribution in [-0.4, -0.2) is 6.54 Å². The van der Waals surface area contributed by atoms with Gasteiger partial charge in [0.15, 0.2) is 0 Å². The van der Waals surface area contributed by atoms with Gasteiger partial charge in [0.1, 0.15) is 0 Å². The lowest BCUT2D eigenvalue weighted by atomic mass is 10.2. The van der Waals surface area contributed by atoms with E-state index in [0.29, 0.717) is 10.7 Å². The Kier molecular flexibility index (Phi) is 2.55. The van der Waals surface area contributed by atoms with Crippen molar-refractivity contribution >= 4 is 23.0 Å². The zero-order chi connectivity index (χ0) is 10.1. The summed E-state index contributed by atoms with van der Waals surface area (Å²) < 4.78 is 0. The van der Waals surface area contributed by atoms with Crippen molar-refractivity contribution in [2.24, 2.45) is 11.8 Å². The van der Waals surface area contributed by atoms with E-state index in [0.717, 1.165) is 24.1 Å². The van der Waals surface area contributed by atoms with E-state index in [1.165, 1.54) is 6.42 Å². The number of nitrogen functional groups attached to an aromatic ring is 1. The highest BCUT2D eigenvalue weighted by Crippen LogP contribution is 2.38. The van der Waals surface area contributed by atoms with Crippen LogP contribution in [0.3, 0.4) is 0 Å². The first-order valence-corrected chi connectivity index (χ1v) is 5.33. The van der Waals surface area contributed by atoms with E-state index in [4.69, 9.17) is 17.3 Å². The summed E-state index contributed by atoms with van der Waals surface area (Å²) in [5.41, 5.74) is 7.30. The fourth-order valence-electron chi connectivity index (χ4n) is 1.60. The molecule has 2 nitrogen and oxygen atoms in total. The summed E-state index contributed by atoms with van der Waals surface area (Å²) in [6.07, 6.45) is 1.33. The van der Waals surface area contributed by atoms with Crippen LogP contribution >= 0.6 is 11.6 Å². The molecule has 0 amide bonds. The Bertz CT molecular complexity index is 338. The molecule has 1 fully saturated rings. The maximum atomic E-state index is 6.03. The highest BCUT2D eigenvalue weighted by Gasteiger charge is 2.31. The van der Waals surface area contributed by atoms with E-state index in [9.17, 15) is 0 Å². The lowest BCUT2D eigenvalue weighted by molar-refractivity contribution is 0.787. The number of nitrogens with two attached hydrogens (primary N) is 1. The maximum absolute atomic E-state index is 6.03. The van der Waals surface area contributed by atoms with Crippen molar-refractivity contribution in [1.29, 1.82) is 0 Å². The second-order valence-corrected chi connectivity index (χ2v) is 4.50. The average molecular weight is 211 g/mol. The van der Waals surface area contributed by atoms with Gasteiger partial charge in [0.25, 0.3) is 0 Å². The summed E-state index contributed by atoms with van der Waals surface area (Å²) >= 11 is 6.03. The molecule has 2 atom stereocenters. The van der Waals surface area contributed by atoms with E-state index < -0.39 is 0 Å². The molecular formula is C11H15ClN2. The van der Waals surface area contributed by atoms with Gasteiger partial charge in [0, 0.05) is 12.2 Å². The van der Waals surface area contributed by atoms with Crippen LogP contribution in [0.4, 0.5) is 11.4 Å². The molecule has 0 saturated heterocycles. The topological polar surface area (TPSA) is 38.0 Å². The van der Waals surface area contributed by atoms with Gasteiger partial charge in [-0.2, -0.15) is 0 Å². The Balaban J connectivity index is 1.95. The molecule has 2 unspecified atom stereocenters. The van der Waals surface area contributed by atoms with Crippen LogP contribution < -0.4 is 11.1 Å². The largest absolute Gasteiger partial charge is 0.399 e. The van der Waals surface area contributed by atoms with Crippen molar-refractivity contribution in [3.63, 3.8) is 0 Å².